The Hall–Kier alpha value is -0.290. The molecule has 0 aromatic heterocycles. The molecule has 1 fully saturated rings. The van der Waals surface area contributed by atoms with Crippen LogP contribution in [0.5, 0.6) is 0 Å². The van der Waals surface area contributed by atoms with Gasteiger partial charge < -0.3 is 14.4 Å². The molecule has 0 bridgehead atoms. The third kappa shape index (κ3) is 3.84. The lowest BCUT2D eigenvalue weighted by molar-refractivity contribution is -0.0135. The van der Waals surface area contributed by atoms with Gasteiger partial charge in [-0.3, -0.25) is 0 Å². The van der Waals surface area contributed by atoms with Gasteiger partial charge in [-0.05, 0) is 20.8 Å². The van der Waals surface area contributed by atoms with Crippen molar-refractivity contribution in [2.24, 2.45) is 0 Å². The Kier molecular flexibility index (Phi) is 1.65. The van der Waals surface area contributed by atoms with Crippen molar-refractivity contribution in [2.45, 2.75) is 31.4 Å². The molecular formula is C9H16BrNO3. The first-order valence-electron chi connectivity index (χ1n) is 7.38. The summed E-state index contributed by atoms with van der Waals surface area (Å²) in [7, 11) is 0. The van der Waals surface area contributed by atoms with E-state index in [9.17, 15) is 4.79 Å². The first-order valence-corrected chi connectivity index (χ1v) is 4.67. The quantitative estimate of drug-likeness (QED) is 0.633. The first kappa shape index (κ1) is 5.16. The number of nitrogens with zero attached hydrogens (tertiary/aromatic N) is 1. The molecule has 1 unspecified atom stereocenters. The van der Waals surface area contributed by atoms with E-state index >= 15 is 0 Å². The highest BCUT2D eigenvalue weighted by Gasteiger charge is 2.26. The normalized spacial score (nSPS) is 46.9. The fourth-order valence-corrected chi connectivity index (χ4v) is 0.909. The van der Waals surface area contributed by atoms with Crippen molar-refractivity contribution in [2.75, 3.05) is 19.6 Å². The van der Waals surface area contributed by atoms with Crippen LogP contribution in [0.2, 0.25) is 0 Å². The second-order valence-corrected chi connectivity index (χ2v) is 4.24. The van der Waals surface area contributed by atoms with E-state index in [4.69, 9.17) is 14.3 Å². The highest BCUT2D eigenvalue weighted by atomic mass is 79.9. The molecule has 0 N–H and O–H groups in total. The largest absolute Gasteiger partial charge is 0.444 e. The zero-order valence-electron chi connectivity index (χ0n) is 15.0. The Bertz CT molecular complexity index is 423. The summed E-state index contributed by atoms with van der Waals surface area (Å²) in [6, 6.07) is 0. The molecule has 0 aliphatic carbocycles. The van der Waals surface area contributed by atoms with Crippen molar-refractivity contribution in [1.82, 2.24) is 4.90 Å². The third-order valence-electron chi connectivity index (χ3n) is 1.07. The highest BCUT2D eigenvalue weighted by molar-refractivity contribution is 9.09. The standard InChI is InChI=1S/C9H16BrNO3/c1-9(2,3)14-8(12)11-4-5-13-7(10)6-11/h7H,4-6H2,1-3H3/i4D2,5D2,6D2,7D. The van der Waals surface area contributed by atoms with Gasteiger partial charge in [0.1, 0.15) is 10.6 Å². The maximum Gasteiger partial charge on any atom is 0.410 e. The van der Waals surface area contributed by atoms with Gasteiger partial charge in [-0.15, -0.1) is 0 Å². The van der Waals surface area contributed by atoms with E-state index in [1.807, 2.05) is 0 Å². The number of morpholine rings is 1. The van der Waals surface area contributed by atoms with Crippen LogP contribution in [0.15, 0.2) is 0 Å². The summed E-state index contributed by atoms with van der Waals surface area (Å²) in [6.45, 7) is -4.85. The predicted octanol–water partition coefficient (Wildman–Crippen LogP) is 1.97. The minimum atomic E-state index is -3.18. The van der Waals surface area contributed by atoms with Gasteiger partial charge in [0.05, 0.1) is 22.7 Å². The molecule has 1 atom stereocenters. The van der Waals surface area contributed by atoms with Crippen LogP contribution >= 0.6 is 15.9 Å². The maximum atomic E-state index is 12.1. The van der Waals surface area contributed by atoms with Gasteiger partial charge in [-0.1, -0.05) is 15.9 Å². The van der Waals surface area contributed by atoms with Crippen molar-refractivity contribution < 1.29 is 23.9 Å². The molecule has 4 nitrogen and oxygen atoms in total. The summed E-state index contributed by atoms with van der Waals surface area (Å²) in [5.41, 5.74) is -1.05. The van der Waals surface area contributed by atoms with Crippen LogP contribution in [0.3, 0.4) is 0 Å². The predicted molar refractivity (Wildman–Crippen MR) is 56.5 cm³/mol. The average Bonchev–Trinajstić information content (AvgIpc) is 2.08. The van der Waals surface area contributed by atoms with Crippen LogP contribution < -0.4 is 0 Å². The summed E-state index contributed by atoms with van der Waals surface area (Å²) in [5.74, 6) is 0. The van der Waals surface area contributed by atoms with Gasteiger partial charge in [0.15, 0.2) is 0 Å². The van der Waals surface area contributed by atoms with Gasteiger partial charge in [-0.25, -0.2) is 4.79 Å². The van der Waals surface area contributed by atoms with E-state index in [1.165, 1.54) is 20.8 Å². The Balaban J connectivity index is 3.37. The van der Waals surface area contributed by atoms with Crippen molar-refractivity contribution in [3.63, 3.8) is 0 Å². The number of amides is 1. The lowest BCUT2D eigenvalue weighted by atomic mass is 10.2. The fourth-order valence-electron chi connectivity index (χ4n) is 0.651. The summed E-state index contributed by atoms with van der Waals surface area (Å²) in [4.78, 5) is 9.33. The molecule has 0 radical (unpaired) electrons. The average molecular weight is 273 g/mol. The molecule has 0 saturated carbocycles. The number of rotatable bonds is 0. The second kappa shape index (κ2) is 4.49. The number of hydrogen-bond acceptors (Lipinski definition) is 3. The molecular weight excluding hydrogens is 250 g/mol. The second-order valence-electron chi connectivity index (χ2n) is 3.52. The van der Waals surface area contributed by atoms with Crippen molar-refractivity contribution in [3.8, 4) is 0 Å². The minimum absolute atomic E-state index is 0.0868. The molecule has 1 saturated heterocycles. The molecule has 0 aromatic rings. The van der Waals surface area contributed by atoms with Crippen LogP contribution in [-0.2, 0) is 9.47 Å². The SMILES string of the molecule is [2H]C1([2H])OC([2H])(Br)C([2H])([2H])N(C(=O)OC(C)(C)C)C1([2H])[2H]. The van der Waals surface area contributed by atoms with E-state index in [0.717, 1.165) is 0 Å². The van der Waals surface area contributed by atoms with E-state index in [-0.39, 0.29) is 4.90 Å². The smallest absolute Gasteiger partial charge is 0.410 e. The van der Waals surface area contributed by atoms with Gasteiger partial charge in [0.2, 0.25) is 0 Å². The van der Waals surface area contributed by atoms with E-state index < -0.39 is 36.2 Å². The van der Waals surface area contributed by atoms with Gasteiger partial charge >= 0.3 is 6.09 Å². The molecule has 1 aliphatic heterocycles. The number of hydrogen-bond donors (Lipinski definition) is 0. The molecule has 0 spiro atoms. The molecule has 1 heterocycles. The van der Waals surface area contributed by atoms with Gasteiger partial charge in [0, 0.05) is 6.50 Å². The third-order valence-corrected chi connectivity index (χ3v) is 1.41. The number of halogens is 1. The minimum Gasteiger partial charge on any atom is -0.444 e. The highest BCUT2D eigenvalue weighted by Crippen LogP contribution is 2.15. The molecule has 82 valence electrons. The molecule has 0 aromatic carbocycles. The number of ether oxygens (including phenoxy) is 2. The molecule has 1 aliphatic rings. The monoisotopic (exact) mass is 272 g/mol. The van der Waals surface area contributed by atoms with Crippen molar-refractivity contribution in [3.05, 3.63) is 0 Å². The van der Waals surface area contributed by atoms with Crippen LogP contribution in [0.4, 0.5) is 4.79 Å². The molecule has 14 heavy (non-hydrogen) atoms. The number of carbonyl (C=O) groups is 1. The van der Waals surface area contributed by atoms with E-state index in [0.29, 0.717) is 0 Å². The topological polar surface area (TPSA) is 38.8 Å². The summed E-state index contributed by atoms with van der Waals surface area (Å²) in [5, 5.41) is 0. The number of alkyl halides is 1. The fraction of sp³-hybridized carbons (Fsp3) is 0.889. The van der Waals surface area contributed by atoms with E-state index in [2.05, 4.69) is 20.7 Å². The number of carbonyl (C=O) groups excluding carboxylic acids is 1. The van der Waals surface area contributed by atoms with Crippen molar-refractivity contribution >= 4 is 22.0 Å². The molecule has 1 amide bonds. The zero-order valence-corrected chi connectivity index (χ0v) is 9.64. The van der Waals surface area contributed by atoms with Gasteiger partial charge in [0.25, 0.3) is 0 Å². The lowest BCUT2D eigenvalue weighted by Gasteiger charge is -2.32. The van der Waals surface area contributed by atoms with Crippen LogP contribution in [0.1, 0.15) is 30.4 Å². The molecule has 5 heteroatoms. The van der Waals surface area contributed by atoms with Crippen molar-refractivity contribution in [1.29, 1.82) is 0 Å². The van der Waals surface area contributed by atoms with Crippen LogP contribution in [0.25, 0.3) is 0 Å². The summed E-state index contributed by atoms with van der Waals surface area (Å²) >= 11 is 2.54. The molecule has 1 rings (SSSR count). The maximum absolute atomic E-state index is 12.1. The Morgan fingerprint density at radius 3 is 3.00 bits per heavy atom. The Labute approximate surface area is 103 Å². The Morgan fingerprint density at radius 1 is 1.79 bits per heavy atom. The lowest BCUT2D eigenvalue weighted by Crippen LogP contribution is -2.45. The van der Waals surface area contributed by atoms with E-state index in [1.54, 1.807) is 0 Å². The summed E-state index contributed by atoms with van der Waals surface area (Å²) in [6.07, 6.45) is -1.43. The van der Waals surface area contributed by atoms with Crippen LogP contribution in [-0.4, -0.2) is 41.1 Å². The zero-order chi connectivity index (χ0) is 17.1. The summed E-state index contributed by atoms with van der Waals surface area (Å²) < 4.78 is 63.1. The van der Waals surface area contributed by atoms with Crippen LogP contribution in [0, 0.1) is 0 Å². The first-order chi connectivity index (χ1) is 8.96. The Morgan fingerprint density at radius 2 is 2.43 bits per heavy atom. The van der Waals surface area contributed by atoms with Gasteiger partial charge in [-0.2, -0.15) is 0 Å².